The standard InChI is InChI=1S/C21H18Cl2N4O/c22-15-9-7-13(8-10-15)18-11-19(16-3-1-2-4-17(16)23)27-21(24-12-25-27)26(18)20(28)14-5-6-14/h1-4,7-10,12,14,18-19H,5-6,11H2. The quantitative estimate of drug-likeness (QED) is 0.603. The maximum absolute atomic E-state index is 13.2. The molecule has 0 bridgehead atoms. The van der Waals surface area contributed by atoms with Crippen LogP contribution in [0.2, 0.25) is 10.0 Å². The Kier molecular flexibility index (Phi) is 4.37. The first-order chi connectivity index (χ1) is 13.6. The van der Waals surface area contributed by atoms with E-state index >= 15 is 0 Å². The molecule has 1 aliphatic carbocycles. The van der Waals surface area contributed by atoms with Crippen LogP contribution < -0.4 is 4.90 Å². The highest BCUT2D eigenvalue weighted by atomic mass is 35.5. The molecule has 3 aromatic rings. The van der Waals surface area contributed by atoms with Crippen LogP contribution >= 0.6 is 23.2 Å². The van der Waals surface area contributed by atoms with Gasteiger partial charge >= 0.3 is 0 Å². The van der Waals surface area contributed by atoms with Gasteiger partial charge in [0.2, 0.25) is 11.9 Å². The predicted molar refractivity (Wildman–Crippen MR) is 109 cm³/mol. The van der Waals surface area contributed by atoms with Gasteiger partial charge in [-0.2, -0.15) is 10.1 Å². The Balaban J connectivity index is 1.64. The summed E-state index contributed by atoms with van der Waals surface area (Å²) >= 11 is 12.6. The van der Waals surface area contributed by atoms with Crippen molar-refractivity contribution in [3.05, 3.63) is 76.0 Å². The molecule has 5 nitrogen and oxygen atoms in total. The average molecular weight is 413 g/mol. The number of fused-ring (bicyclic) bond motifs is 1. The summed E-state index contributed by atoms with van der Waals surface area (Å²) in [5.41, 5.74) is 2.01. The van der Waals surface area contributed by atoms with Crippen molar-refractivity contribution in [3.8, 4) is 0 Å². The Morgan fingerprint density at radius 2 is 1.75 bits per heavy atom. The second kappa shape index (κ2) is 6.90. The smallest absolute Gasteiger partial charge is 0.233 e. The molecular formula is C21H18Cl2N4O. The van der Waals surface area contributed by atoms with Gasteiger partial charge in [0.25, 0.3) is 0 Å². The van der Waals surface area contributed by atoms with Gasteiger partial charge in [-0.1, -0.05) is 53.5 Å². The van der Waals surface area contributed by atoms with Crippen molar-refractivity contribution >= 4 is 35.1 Å². The molecular weight excluding hydrogens is 395 g/mol. The molecule has 2 heterocycles. The van der Waals surface area contributed by atoms with Gasteiger partial charge in [-0.05, 0) is 48.6 Å². The zero-order valence-electron chi connectivity index (χ0n) is 15.0. The van der Waals surface area contributed by atoms with Gasteiger partial charge in [0, 0.05) is 16.0 Å². The van der Waals surface area contributed by atoms with Crippen molar-refractivity contribution in [2.75, 3.05) is 4.90 Å². The van der Waals surface area contributed by atoms with Crippen LogP contribution in [-0.2, 0) is 4.79 Å². The molecule has 2 atom stereocenters. The summed E-state index contributed by atoms with van der Waals surface area (Å²) in [5.74, 6) is 0.775. The lowest BCUT2D eigenvalue weighted by molar-refractivity contribution is -0.120. The van der Waals surface area contributed by atoms with E-state index in [1.54, 1.807) is 0 Å². The largest absolute Gasteiger partial charge is 0.274 e. The summed E-state index contributed by atoms with van der Waals surface area (Å²) < 4.78 is 1.83. The molecule has 28 heavy (non-hydrogen) atoms. The van der Waals surface area contributed by atoms with Crippen molar-refractivity contribution in [2.24, 2.45) is 5.92 Å². The van der Waals surface area contributed by atoms with E-state index < -0.39 is 0 Å². The monoisotopic (exact) mass is 412 g/mol. The third-order valence-electron chi connectivity index (χ3n) is 5.51. The van der Waals surface area contributed by atoms with Gasteiger partial charge in [-0.3, -0.25) is 9.69 Å². The molecule has 0 radical (unpaired) electrons. The van der Waals surface area contributed by atoms with Crippen molar-refractivity contribution in [3.63, 3.8) is 0 Å². The molecule has 1 aliphatic heterocycles. The summed E-state index contributed by atoms with van der Waals surface area (Å²) in [6, 6.07) is 15.2. The lowest BCUT2D eigenvalue weighted by Crippen LogP contribution is -2.43. The Bertz CT molecular complexity index is 1030. The van der Waals surface area contributed by atoms with Crippen LogP contribution in [-0.4, -0.2) is 20.7 Å². The molecule has 7 heteroatoms. The molecule has 2 unspecified atom stereocenters. The van der Waals surface area contributed by atoms with E-state index in [4.69, 9.17) is 23.2 Å². The van der Waals surface area contributed by atoms with Gasteiger partial charge < -0.3 is 0 Å². The average Bonchev–Trinajstić information content (AvgIpc) is 3.44. The Labute approximate surface area is 172 Å². The zero-order chi connectivity index (χ0) is 19.3. The Morgan fingerprint density at radius 3 is 2.46 bits per heavy atom. The summed E-state index contributed by atoms with van der Waals surface area (Å²) in [5, 5.41) is 5.80. The van der Waals surface area contributed by atoms with Crippen molar-refractivity contribution in [1.29, 1.82) is 0 Å². The fraction of sp³-hybridized carbons (Fsp3) is 0.286. The number of carbonyl (C=O) groups is 1. The predicted octanol–water partition coefficient (Wildman–Crippen LogP) is 5.06. The van der Waals surface area contributed by atoms with Gasteiger partial charge in [0.05, 0.1) is 12.1 Å². The van der Waals surface area contributed by atoms with Crippen molar-refractivity contribution in [1.82, 2.24) is 14.8 Å². The van der Waals surface area contributed by atoms with E-state index in [-0.39, 0.29) is 23.9 Å². The number of aromatic nitrogens is 3. The number of nitrogens with zero attached hydrogens (tertiary/aromatic N) is 4. The van der Waals surface area contributed by atoms with E-state index in [0.717, 1.165) is 24.0 Å². The van der Waals surface area contributed by atoms with E-state index in [9.17, 15) is 4.79 Å². The van der Waals surface area contributed by atoms with E-state index in [2.05, 4.69) is 10.1 Å². The van der Waals surface area contributed by atoms with Crippen molar-refractivity contribution < 1.29 is 4.79 Å². The van der Waals surface area contributed by atoms with Crippen LogP contribution in [0, 0.1) is 5.92 Å². The van der Waals surface area contributed by atoms with Crippen LogP contribution in [0.4, 0.5) is 5.95 Å². The van der Waals surface area contributed by atoms with E-state index in [1.165, 1.54) is 6.33 Å². The summed E-state index contributed by atoms with van der Waals surface area (Å²) in [7, 11) is 0. The number of halogens is 2. The zero-order valence-corrected chi connectivity index (χ0v) is 16.5. The molecule has 142 valence electrons. The molecule has 0 saturated heterocycles. The van der Waals surface area contributed by atoms with Crippen LogP contribution in [0.5, 0.6) is 0 Å². The van der Waals surface area contributed by atoms with E-state index in [1.807, 2.05) is 58.1 Å². The first-order valence-electron chi connectivity index (χ1n) is 9.36. The van der Waals surface area contributed by atoms with E-state index in [0.29, 0.717) is 22.4 Å². The summed E-state index contributed by atoms with van der Waals surface area (Å²) in [6.45, 7) is 0. The highest BCUT2D eigenvalue weighted by Gasteiger charge is 2.44. The normalized spacial score (nSPS) is 21.4. The minimum absolute atomic E-state index is 0.0804. The minimum atomic E-state index is -0.150. The lowest BCUT2D eigenvalue weighted by atomic mass is 9.91. The van der Waals surface area contributed by atoms with Crippen molar-refractivity contribution in [2.45, 2.75) is 31.3 Å². The molecule has 1 aromatic heterocycles. The number of hydrogen-bond acceptors (Lipinski definition) is 3. The van der Waals surface area contributed by atoms with Crippen LogP contribution in [0.25, 0.3) is 0 Å². The number of amides is 1. The molecule has 2 aromatic carbocycles. The first-order valence-corrected chi connectivity index (χ1v) is 10.1. The molecule has 1 saturated carbocycles. The topological polar surface area (TPSA) is 51.0 Å². The van der Waals surface area contributed by atoms with Gasteiger partial charge in [-0.15, -0.1) is 0 Å². The second-order valence-electron chi connectivity index (χ2n) is 7.33. The fourth-order valence-electron chi connectivity index (χ4n) is 3.95. The Hall–Kier alpha value is -2.37. The number of benzene rings is 2. The van der Waals surface area contributed by atoms with Crippen LogP contribution in [0.1, 0.15) is 42.5 Å². The maximum Gasteiger partial charge on any atom is 0.233 e. The molecule has 1 amide bonds. The van der Waals surface area contributed by atoms with Gasteiger partial charge in [-0.25, -0.2) is 4.68 Å². The molecule has 1 fully saturated rings. The molecule has 5 rings (SSSR count). The van der Waals surface area contributed by atoms with Gasteiger partial charge in [0.15, 0.2) is 0 Å². The van der Waals surface area contributed by atoms with Crippen LogP contribution in [0.3, 0.4) is 0 Å². The first kappa shape index (κ1) is 17.7. The highest BCUT2D eigenvalue weighted by Crippen LogP contribution is 2.45. The third-order valence-corrected chi connectivity index (χ3v) is 6.10. The highest BCUT2D eigenvalue weighted by molar-refractivity contribution is 6.31. The number of hydrogen-bond donors (Lipinski definition) is 0. The Morgan fingerprint density at radius 1 is 1.00 bits per heavy atom. The molecule has 2 aliphatic rings. The summed E-state index contributed by atoms with van der Waals surface area (Å²) in [4.78, 5) is 19.5. The fourth-order valence-corrected chi connectivity index (χ4v) is 4.33. The minimum Gasteiger partial charge on any atom is -0.274 e. The lowest BCUT2D eigenvalue weighted by Gasteiger charge is -2.39. The third kappa shape index (κ3) is 2.99. The number of rotatable bonds is 3. The maximum atomic E-state index is 13.2. The SMILES string of the molecule is O=C(C1CC1)N1c2ncnn2C(c2ccccc2Cl)CC1c1ccc(Cl)cc1. The number of anilines is 1. The van der Waals surface area contributed by atoms with Gasteiger partial charge in [0.1, 0.15) is 6.33 Å². The molecule has 0 N–H and O–H groups in total. The summed E-state index contributed by atoms with van der Waals surface area (Å²) in [6.07, 6.45) is 4.05. The second-order valence-corrected chi connectivity index (χ2v) is 8.17. The number of carbonyl (C=O) groups excluding carboxylic acids is 1. The van der Waals surface area contributed by atoms with Crippen LogP contribution in [0.15, 0.2) is 54.9 Å². The molecule has 0 spiro atoms.